The first-order valence-corrected chi connectivity index (χ1v) is 5.01. The highest BCUT2D eigenvalue weighted by Gasteiger charge is 2.20. The van der Waals surface area contributed by atoms with Crippen LogP contribution in [0.1, 0.15) is 43.6 Å². The quantitative estimate of drug-likeness (QED) is 0.785. The second kappa shape index (κ2) is 4.44. The van der Waals surface area contributed by atoms with E-state index in [1.54, 1.807) is 17.8 Å². The lowest BCUT2D eigenvalue weighted by Crippen LogP contribution is -2.20. The summed E-state index contributed by atoms with van der Waals surface area (Å²) in [5.74, 6) is -1.03. The van der Waals surface area contributed by atoms with Gasteiger partial charge in [-0.05, 0) is 20.3 Å². The van der Waals surface area contributed by atoms with E-state index in [0.717, 1.165) is 6.42 Å². The third-order valence-corrected chi connectivity index (χ3v) is 2.60. The smallest absolute Gasteiger partial charge is 0.325 e. The first-order valence-electron chi connectivity index (χ1n) is 5.01. The Bertz CT molecular complexity index is 360. The summed E-state index contributed by atoms with van der Waals surface area (Å²) in [7, 11) is 0. The van der Waals surface area contributed by atoms with Crippen molar-refractivity contribution in [2.45, 2.75) is 39.3 Å². The molecule has 1 aromatic rings. The molecule has 3 N–H and O–H groups in total. The molecule has 5 nitrogen and oxygen atoms in total. The monoisotopic (exact) mass is 211 g/mol. The molecule has 2 unspecified atom stereocenters. The van der Waals surface area contributed by atoms with Gasteiger partial charge in [-0.2, -0.15) is 5.10 Å². The highest BCUT2D eigenvalue weighted by molar-refractivity contribution is 5.75. The maximum absolute atomic E-state index is 10.7. The van der Waals surface area contributed by atoms with Crippen LogP contribution in [0.3, 0.4) is 0 Å². The van der Waals surface area contributed by atoms with Gasteiger partial charge in [0.05, 0.1) is 5.69 Å². The topological polar surface area (TPSA) is 81.1 Å². The summed E-state index contributed by atoms with van der Waals surface area (Å²) >= 11 is 0. The Morgan fingerprint density at radius 2 is 2.33 bits per heavy atom. The van der Waals surface area contributed by atoms with Crippen LogP contribution in [0.4, 0.5) is 0 Å². The number of nitrogens with two attached hydrogens (primary N) is 1. The molecular weight excluding hydrogens is 194 g/mol. The molecular formula is C10H17N3O2. The molecule has 1 rings (SSSR count). The molecule has 1 aromatic heterocycles. The molecule has 15 heavy (non-hydrogen) atoms. The third kappa shape index (κ3) is 2.36. The summed E-state index contributed by atoms with van der Waals surface area (Å²) < 4.78 is 1.77. The molecule has 0 aliphatic carbocycles. The first kappa shape index (κ1) is 11.7. The minimum absolute atomic E-state index is 0.262. The fourth-order valence-corrected chi connectivity index (χ4v) is 1.35. The minimum atomic E-state index is -1.03. The van der Waals surface area contributed by atoms with Crippen LogP contribution in [-0.2, 0) is 4.79 Å². The van der Waals surface area contributed by atoms with Crippen molar-refractivity contribution < 1.29 is 9.90 Å². The van der Waals surface area contributed by atoms with E-state index in [4.69, 9.17) is 10.8 Å². The SMILES string of the molecule is CCC(C)n1cc(C(N)C(=O)O)c(C)n1. The Morgan fingerprint density at radius 1 is 1.73 bits per heavy atom. The highest BCUT2D eigenvalue weighted by atomic mass is 16.4. The maximum atomic E-state index is 10.7. The summed E-state index contributed by atoms with van der Waals surface area (Å²) in [6.07, 6.45) is 2.67. The maximum Gasteiger partial charge on any atom is 0.325 e. The van der Waals surface area contributed by atoms with E-state index in [1.807, 2.05) is 6.92 Å². The zero-order valence-electron chi connectivity index (χ0n) is 9.27. The Labute approximate surface area is 88.9 Å². The van der Waals surface area contributed by atoms with Gasteiger partial charge < -0.3 is 10.8 Å². The van der Waals surface area contributed by atoms with Crippen LogP contribution in [0.5, 0.6) is 0 Å². The van der Waals surface area contributed by atoms with Gasteiger partial charge in [0.1, 0.15) is 6.04 Å². The lowest BCUT2D eigenvalue weighted by Gasteiger charge is -2.08. The van der Waals surface area contributed by atoms with Gasteiger partial charge in [-0.3, -0.25) is 9.48 Å². The average molecular weight is 211 g/mol. The van der Waals surface area contributed by atoms with Crippen LogP contribution >= 0.6 is 0 Å². The van der Waals surface area contributed by atoms with Gasteiger partial charge in [0, 0.05) is 17.8 Å². The molecule has 0 aliphatic rings. The van der Waals surface area contributed by atoms with E-state index in [2.05, 4.69) is 12.0 Å². The number of carboxylic acids is 1. The molecule has 2 atom stereocenters. The van der Waals surface area contributed by atoms with Gasteiger partial charge in [0.15, 0.2) is 0 Å². The zero-order chi connectivity index (χ0) is 11.6. The van der Waals surface area contributed by atoms with Crippen LogP contribution < -0.4 is 5.73 Å². The molecule has 0 fully saturated rings. The number of carboxylic acid groups (broad SMARTS) is 1. The molecule has 0 saturated carbocycles. The van der Waals surface area contributed by atoms with Crippen LogP contribution in [0.2, 0.25) is 0 Å². The summed E-state index contributed by atoms with van der Waals surface area (Å²) in [6.45, 7) is 5.86. The summed E-state index contributed by atoms with van der Waals surface area (Å²) in [4.78, 5) is 10.7. The Morgan fingerprint density at radius 3 is 2.80 bits per heavy atom. The van der Waals surface area contributed by atoms with Crippen molar-refractivity contribution >= 4 is 5.97 Å². The predicted octanol–water partition coefficient (Wildman–Crippen LogP) is 1.25. The Balaban J connectivity index is 3.01. The fourth-order valence-electron chi connectivity index (χ4n) is 1.35. The van der Waals surface area contributed by atoms with Crippen molar-refractivity contribution in [3.63, 3.8) is 0 Å². The average Bonchev–Trinajstić information content (AvgIpc) is 2.57. The number of rotatable bonds is 4. The van der Waals surface area contributed by atoms with Gasteiger partial charge in [-0.15, -0.1) is 0 Å². The summed E-state index contributed by atoms with van der Waals surface area (Å²) in [5, 5.41) is 13.1. The number of carbonyl (C=O) groups is 1. The largest absolute Gasteiger partial charge is 0.480 e. The Kier molecular flexibility index (Phi) is 3.47. The van der Waals surface area contributed by atoms with Crippen LogP contribution in [0.25, 0.3) is 0 Å². The van der Waals surface area contributed by atoms with Crippen molar-refractivity contribution in [2.75, 3.05) is 0 Å². The van der Waals surface area contributed by atoms with Gasteiger partial charge >= 0.3 is 5.97 Å². The van der Waals surface area contributed by atoms with Crippen LogP contribution in [0, 0.1) is 6.92 Å². The van der Waals surface area contributed by atoms with E-state index in [0.29, 0.717) is 11.3 Å². The normalized spacial score (nSPS) is 14.9. The number of aliphatic carboxylic acids is 1. The zero-order valence-corrected chi connectivity index (χ0v) is 9.27. The van der Waals surface area contributed by atoms with Crippen molar-refractivity contribution in [1.82, 2.24) is 9.78 Å². The summed E-state index contributed by atoms with van der Waals surface area (Å²) in [6, 6.07) is -0.721. The van der Waals surface area contributed by atoms with Crippen LogP contribution in [0.15, 0.2) is 6.20 Å². The first-order chi connectivity index (χ1) is 6.97. The van der Waals surface area contributed by atoms with E-state index < -0.39 is 12.0 Å². The van der Waals surface area contributed by atoms with E-state index >= 15 is 0 Å². The second-order valence-electron chi connectivity index (χ2n) is 3.72. The van der Waals surface area contributed by atoms with E-state index in [-0.39, 0.29) is 6.04 Å². The van der Waals surface area contributed by atoms with Gasteiger partial charge in [0.25, 0.3) is 0 Å². The molecule has 0 amide bonds. The molecule has 1 heterocycles. The van der Waals surface area contributed by atoms with Crippen molar-refractivity contribution in [3.05, 3.63) is 17.5 Å². The van der Waals surface area contributed by atoms with Crippen molar-refractivity contribution in [1.29, 1.82) is 0 Å². The molecule has 0 bridgehead atoms. The van der Waals surface area contributed by atoms with Crippen LogP contribution in [-0.4, -0.2) is 20.9 Å². The Hall–Kier alpha value is -1.36. The fraction of sp³-hybridized carbons (Fsp3) is 0.600. The van der Waals surface area contributed by atoms with E-state index in [9.17, 15) is 4.79 Å². The standard InChI is InChI=1S/C10H17N3O2/c1-4-6(2)13-5-8(7(3)12-13)9(11)10(14)15/h5-6,9H,4,11H2,1-3H3,(H,14,15). The molecule has 0 spiro atoms. The molecule has 5 heteroatoms. The lowest BCUT2D eigenvalue weighted by atomic mass is 10.1. The van der Waals surface area contributed by atoms with Gasteiger partial charge in [-0.1, -0.05) is 6.92 Å². The molecule has 0 radical (unpaired) electrons. The number of aryl methyl sites for hydroxylation is 1. The second-order valence-corrected chi connectivity index (χ2v) is 3.72. The molecule has 84 valence electrons. The van der Waals surface area contributed by atoms with Crippen molar-refractivity contribution in [2.24, 2.45) is 5.73 Å². The summed E-state index contributed by atoms with van der Waals surface area (Å²) in [5.41, 5.74) is 6.81. The van der Waals surface area contributed by atoms with E-state index in [1.165, 1.54) is 0 Å². The van der Waals surface area contributed by atoms with Gasteiger partial charge in [0.2, 0.25) is 0 Å². The third-order valence-electron chi connectivity index (χ3n) is 2.60. The minimum Gasteiger partial charge on any atom is -0.480 e. The number of aromatic nitrogens is 2. The molecule has 0 aromatic carbocycles. The van der Waals surface area contributed by atoms with Crippen molar-refractivity contribution in [3.8, 4) is 0 Å². The molecule has 0 saturated heterocycles. The number of hydrogen-bond donors (Lipinski definition) is 2. The lowest BCUT2D eigenvalue weighted by molar-refractivity contribution is -0.138. The number of nitrogens with zero attached hydrogens (tertiary/aromatic N) is 2. The van der Waals surface area contributed by atoms with Gasteiger partial charge in [-0.25, -0.2) is 0 Å². The number of hydrogen-bond acceptors (Lipinski definition) is 3. The highest BCUT2D eigenvalue weighted by Crippen LogP contribution is 2.18. The predicted molar refractivity (Wildman–Crippen MR) is 56.5 cm³/mol. The molecule has 0 aliphatic heterocycles.